The van der Waals surface area contributed by atoms with Gasteiger partial charge in [-0.2, -0.15) is 5.10 Å². The van der Waals surface area contributed by atoms with E-state index >= 15 is 0 Å². The zero-order valence-corrected chi connectivity index (χ0v) is 11.5. The minimum absolute atomic E-state index is 0.681. The van der Waals surface area contributed by atoms with Crippen LogP contribution in [-0.4, -0.2) is 16.4 Å². The Morgan fingerprint density at radius 2 is 2.06 bits per heavy atom. The van der Waals surface area contributed by atoms with E-state index in [0.717, 1.165) is 28.0 Å². The van der Waals surface area contributed by atoms with Gasteiger partial charge in [-0.1, -0.05) is 0 Å². The van der Waals surface area contributed by atoms with Crippen molar-refractivity contribution in [3.63, 3.8) is 0 Å². The van der Waals surface area contributed by atoms with Crippen LogP contribution in [0.4, 0.5) is 5.69 Å². The van der Waals surface area contributed by atoms with Crippen molar-refractivity contribution in [2.24, 2.45) is 0 Å². The Kier molecular flexibility index (Phi) is 4.24. The number of nitrogen functional groups attached to an aromatic ring is 1. The van der Waals surface area contributed by atoms with Crippen LogP contribution in [0.5, 0.6) is 5.75 Å². The van der Waals surface area contributed by atoms with Crippen LogP contribution in [0.3, 0.4) is 0 Å². The molecule has 0 saturated carbocycles. The van der Waals surface area contributed by atoms with Crippen LogP contribution in [0.1, 0.15) is 6.42 Å². The third kappa shape index (κ3) is 3.92. The zero-order chi connectivity index (χ0) is 12.1. The van der Waals surface area contributed by atoms with Gasteiger partial charge in [-0.25, -0.2) is 0 Å². The van der Waals surface area contributed by atoms with Gasteiger partial charge in [-0.3, -0.25) is 4.68 Å². The fourth-order valence-electron chi connectivity index (χ4n) is 1.44. The van der Waals surface area contributed by atoms with Gasteiger partial charge in [-0.15, -0.1) is 0 Å². The van der Waals surface area contributed by atoms with Gasteiger partial charge < -0.3 is 10.5 Å². The first-order valence-electron chi connectivity index (χ1n) is 5.40. The molecule has 4 nitrogen and oxygen atoms in total. The van der Waals surface area contributed by atoms with E-state index in [4.69, 9.17) is 10.5 Å². The third-order valence-electron chi connectivity index (χ3n) is 2.28. The first-order valence-corrected chi connectivity index (χ1v) is 6.48. The van der Waals surface area contributed by atoms with Gasteiger partial charge in [0.2, 0.25) is 0 Å². The highest BCUT2D eigenvalue weighted by atomic mass is 127. The molecule has 0 radical (unpaired) electrons. The number of halogens is 1. The normalized spacial score (nSPS) is 10.4. The molecule has 0 aliphatic heterocycles. The van der Waals surface area contributed by atoms with E-state index in [1.165, 1.54) is 0 Å². The molecule has 0 saturated heterocycles. The van der Waals surface area contributed by atoms with Gasteiger partial charge in [0.05, 0.1) is 16.4 Å². The van der Waals surface area contributed by atoms with Crippen molar-refractivity contribution in [3.8, 4) is 5.75 Å². The second-order valence-corrected chi connectivity index (χ2v) is 4.94. The number of aryl methyl sites for hydroxylation is 1. The van der Waals surface area contributed by atoms with E-state index in [1.807, 2.05) is 41.3 Å². The lowest BCUT2D eigenvalue weighted by Crippen LogP contribution is -2.04. The maximum absolute atomic E-state index is 5.59. The van der Waals surface area contributed by atoms with Crippen molar-refractivity contribution in [3.05, 3.63) is 40.2 Å². The Hall–Kier alpha value is -1.24. The molecule has 0 spiro atoms. The van der Waals surface area contributed by atoms with Gasteiger partial charge in [0.1, 0.15) is 5.75 Å². The van der Waals surface area contributed by atoms with Crippen LogP contribution in [0.25, 0.3) is 0 Å². The molecule has 90 valence electrons. The fourth-order valence-corrected chi connectivity index (χ4v) is 1.89. The molecule has 2 N–H and O–H groups in total. The predicted molar refractivity (Wildman–Crippen MR) is 75.9 cm³/mol. The number of anilines is 1. The monoisotopic (exact) mass is 343 g/mol. The van der Waals surface area contributed by atoms with E-state index in [2.05, 4.69) is 27.7 Å². The Bertz CT molecular complexity index is 467. The van der Waals surface area contributed by atoms with Crippen molar-refractivity contribution < 1.29 is 4.74 Å². The van der Waals surface area contributed by atoms with Gasteiger partial charge in [0.15, 0.2) is 0 Å². The van der Waals surface area contributed by atoms with E-state index in [-0.39, 0.29) is 0 Å². The molecular weight excluding hydrogens is 329 g/mol. The second-order valence-electron chi connectivity index (χ2n) is 3.69. The van der Waals surface area contributed by atoms with Crippen molar-refractivity contribution in [1.82, 2.24) is 9.78 Å². The molecule has 2 rings (SSSR count). The number of hydrogen-bond donors (Lipinski definition) is 1. The first-order chi connectivity index (χ1) is 8.24. The molecule has 0 amide bonds. The summed E-state index contributed by atoms with van der Waals surface area (Å²) in [5, 5.41) is 4.21. The number of aromatic nitrogens is 2. The SMILES string of the molecule is Nc1ccc(OCCCn2cc(I)cn2)cc1. The maximum Gasteiger partial charge on any atom is 0.119 e. The molecule has 0 bridgehead atoms. The maximum atomic E-state index is 5.59. The van der Waals surface area contributed by atoms with E-state index in [1.54, 1.807) is 0 Å². The molecule has 1 aromatic carbocycles. The lowest BCUT2D eigenvalue weighted by Gasteiger charge is -2.06. The van der Waals surface area contributed by atoms with Gasteiger partial charge in [0, 0.05) is 24.8 Å². The minimum atomic E-state index is 0.681. The Morgan fingerprint density at radius 1 is 1.29 bits per heavy atom. The summed E-state index contributed by atoms with van der Waals surface area (Å²) in [6.45, 7) is 1.55. The number of rotatable bonds is 5. The van der Waals surface area contributed by atoms with Crippen molar-refractivity contribution in [1.29, 1.82) is 0 Å². The van der Waals surface area contributed by atoms with Crippen LogP contribution in [-0.2, 0) is 6.54 Å². The van der Waals surface area contributed by atoms with Gasteiger partial charge in [0.25, 0.3) is 0 Å². The molecular formula is C12H14IN3O. The molecule has 5 heteroatoms. The quantitative estimate of drug-likeness (QED) is 0.516. The van der Waals surface area contributed by atoms with Crippen LogP contribution in [0.15, 0.2) is 36.7 Å². The summed E-state index contributed by atoms with van der Waals surface area (Å²) in [4.78, 5) is 0. The smallest absolute Gasteiger partial charge is 0.119 e. The predicted octanol–water partition coefficient (Wildman–Crippen LogP) is 2.54. The highest BCUT2D eigenvalue weighted by Crippen LogP contribution is 2.13. The summed E-state index contributed by atoms with van der Waals surface area (Å²) in [5.74, 6) is 0.856. The summed E-state index contributed by atoms with van der Waals surface area (Å²) < 4.78 is 8.67. The summed E-state index contributed by atoms with van der Waals surface area (Å²) in [5.41, 5.74) is 6.35. The standard InChI is InChI=1S/C12H14IN3O/c13-10-8-15-16(9-10)6-1-7-17-12-4-2-11(14)3-5-12/h2-5,8-9H,1,6-7,14H2. The van der Waals surface area contributed by atoms with E-state index in [9.17, 15) is 0 Å². The van der Waals surface area contributed by atoms with E-state index in [0.29, 0.717) is 6.61 Å². The molecule has 1 aromatic heterocycles. The fraction of sp³-hybridized carbons (Fsp3) is 0.250. The van der Waals surface area contributed by atoms with Crippen LogP contribution >= 0.6 is 22.6 Å². The molecule has 1 heterocycles. The van der Waals surface area contributed by atoms with Crippen molar-refractivity contribution >= 4 is 28.3 Å². The largest absolute Gasteiger partial charge is 0.494 e. The van der Waals surface area contributed by atoms with Gasteiger partial charge >= 0.3 is 0 Å². The summed E-state index contributed by atoms with van der Waals surface area (Å²) in [7, 11) is 0. The molecule has 2 aromatic rings. The Morgan fingerprint density at radius 3 is 2.71 bits per heavy atom. The lowest BCUT2D eigenvalue weighted by molar-refractivity contribution is 0.298. The Labute approximate surface area is 114 Å². The number of nitrogens with two attached hydrogens (primary N) is 1. The summed E-state index contributed by atoms with van der Waals surface area (Å²) in [6.07, 6.45) is 4.80. The first kappa shape index (κ1) is 12.2. The zero-order valence-electron chi connectivity index (χ0n) is 9.34. The minimum Gasteiger partial charge on any atom is -0.494 e. The molecule has 0 unspecified atom stereocenters. The summed E-state index contributed by atoms with van der Waals surface area (Å²) in [6, 6.07) is 7.44. The van der Waals surface area contributed by atoms with Crippen LogP contribution in [0.2, 0.25) is 0 Å². The van der Waals surface area contributed by atoms with Crippen molar-refractivity contribution in [2.45, 2.75) is 13.0 Å². The highest BCUT2D eigenvalue weighted by molar-refractivity contribution is 14.1. The van der Waals surface area contributed by atoms with E-state index < -0.39 is 0 Å². The van der Waals surface area contributed by atoms with Crippen LogP contribution < -0.4 is 10.5 Å². The topological polar surface area (TPSA) is 53.1 Å². The summed E-state index contributed by atoms with van der Waals surface area (Å²) >= 11 is 2.25. The number of ether oxygens (including phenoxy) is 1. The number of benzene rings is 1. The highest BCUT2D eigenvalue weighted by Gasteiger charge is 1.96. The average Bonchev–Trinajstić information content (AvgIpc) is 2.73. The molecule has 0 atom stereocenters. The van der Waals surface area contributed by atoms with Crippen molar-refractivity contribution in [2.75, 3.05) is 12.3 Å². The lowest BCUT2D eigenvalue weighted by atomic mass is 10.3. The number of hydrogen-bond acceptors (Lipinski definition) is 3. The molecule has 0 fully saturated rings. The van der Waals surface area contributed by atoms with Gasteiger partial charge in [-0.05, 0) is 46.9 Å². The molecule has 0 aliphatic rings. The molecule has 0 aliphatic carbocycles. The number of nitrogens with zero attached hydrogens (tertiary/aromatic N) is 2. The molecule has 17 heavy (non-hydrogen) atoms. The average molecular weight is 343 g/mol. The second kappa shape index (κ2) is 5.90. The van der Waals surface area contributed by atoms with Crippen LogP contribution in [0, 0.1) is 3.57 Å². The third-order valence-corrected chi connectivity index (χ3v) is 2.84. The Balaban J connectivity index is 1.71.